The van der Waals surface area contributed by atoms with Crippen LogP contribution in [0.2, 0.25) is 0 Å². The first-order chi connectivity index (χ1) is 14.0. The molecule has 0 atom stereocenters. The number of aromatic nitrogens is 3. The highest BCUT2D eigenvalue weighted by Gasteiger charge is 2.39. The van der Waals surface area contributed by atoms with Gasteiger partial charge in [-0.25, -0.2) is 13.9 Å². The van der Waals surface area contributed by atoms with Crippen molar-refractivity contribution in [2.75, 3.05) is 19.6 Å². The highest BCUT2D eigenvalue weighted by molar-refractivity contribution is 6.02. The van der Waals surface area contributed by atoms with E-state index in [1.807, 2.05) is 0 Å². The fraction of sp³-hybridized carbons (Fsp3) is 0.571. The van der Waals surface area contributed by atoms with Crippen LogP contribution in [0.5, 0.6) is 0 Å². The summed E-state index contributed by atoms with van der Waals surface area (Å²) in [5.74, 6) is 0.117. The van der Waals surface area contributed by atoms with Gasteiger partial charge in [0, 0.05) is 38.2 Å². The molecule has 1 aromatic carbocycles. The molecule has 1 N–H and O–H groups in total. The average Bonchev–Trinajstić information content (AvgIpc) is 2.88. The third kappa shape index (κ3) is 4.66. The molecule has 0 radical (unpaired) electrons. The lowest BCUT2D eigenvalue weighted by molar-refractivity contribution is -0.00699. The summed E-state index contributed by atoms with van der Waals surface area (Å²) in [6.07, 6.45) is 4.71. The smallest absolute Gasteiger partial charge is 0.345 e. The highest BCUT2D eigenvalue weighted by atomic mass is 35.5. The van der Waals surface area contributed by atoms with E-state index in [2.05, 4.69) is 10.00 Å². The molecule has 4 rings (SSSR count). The zero-order valence-corrected chi connectivity index (χ0v) is 17.7. The number of likely N-dealkylation sites (tertiary alicyclic amines) is 1. The van der Waals surface area contributed by atoms with Gasteiger partial charge in [-0.1, -0.05) is 6.42 Å². The van der Waals surface area contributed by atoms with Gasteiger partial charge in [0.2, 0.25) is 0 Å². The Hall–Kier alpha value is -2.03. The summed E-state index contributed by atoms with van der Waals surface area (Å²) in [5, 5.41) is 15.3. The van der Waals surface area contributed by atoms with Crippen LogP contribution in [0.4, 0.5) is 4.39 Å². The first-order valence-electron chi connectivity index (χ1n) is 10.4. The molecule has 0 aliphatic carbocycles. The quantitative estimate of drug-likeness (QED) is 0.722. The number of nitrogens with zero attached hydrogens (tertiary/aromatic N) is 4. The Morgan fingerprint density at radius 3 is 2.47 bits per heavy atom. The SMILES string of the molecule is Cl.O=C(c1ccc(F)cc1)C1(O)CCN(CCn2nc3n(c2=O)CCCCC3)CC1. The summed E-state index contributed by atoms with van der Waals surface area (Å²) in [6.45, 7) is 3.02. The minimum absolute atomic E-state index is 0. The summed E-state index contributed by atoms with van der Waals surface area (Å²) in [4.78, 5) is 27.3. The Labute approximate surface area is 180 Å². The molecule has 1 fully saturated rings. The lowest BCUT2D eigenvalue weighted by atomic mass is 9.84. The number of hydrogen-bond donors (Lipinski definition) is 1. The molecule has 1 aromatic heterocycles. The molecule has 2 aromatic rings. The average molecular weight is 439 g/mol. The fourth-order valence-electron chi connectivity index (χ4n) is 4.25. The first-order valence-corrected chi connectivity index (χ1v) is 10.4. The standard InChI is InChI=1S/C21H27FN4O3.ClH/c22-17-7-5-16(6-8-17)19(27)21(29)9-12-24(13-10-21)14-15-26-20(28)25-11-3-1-2-4-18(25)23-26;/h5-8,29H,1-4,9-15H2;1H. The second-order valence-electron chi connectivity index (χ2n) is 8.09. The lowest BCUT2D eigenvalue weighted by Gasteiger charge is -2.37. The van der Waals surface area contributed by atoms with Gasteiger partial charge in [-0.05, 0) is 49.9 Å². The maximum atomic E-state index is 13.1. The number of ketones is 1. The monoisotopic (exact) mass is 438 g/mol. The van der Waals surface area contributed by atoms with Crippen LogP contribution in [0.1, 0.15) is 48.3 Å². The molecule has 0 saturated carbocycles. The van der Waals surface area contributed by atoms with Gasteiger partial charge in [-0.2, -0.15) is 5.10 Å². The molecule has 0 amide bonds. The van der Waals surface area contributed by atoms with Crippen molar-refractivity contribution in [3.05, 3.63) is 52.0 Å². The van der Waals surface area contributed by atoms with Crippen LogP contribution in [0.15, 0.2) is 29.1 Å². The topological polar surface area (TPSA) is 80.4 Å². The van der Waals surface area contributed by atoms with Gasteiger partial charge < -0.3 is 10.0 Å². The molecule has 9 heteroatoms. The Morgan fingerprint density at radius 2 is 1.77 bits per heavy atom. The lowest BCUT2D eigenvalue weighted by Crippen LogP contribution is -2.50. The maximum Gasteiger partial charge on any atom is 0.345 e. The fourth-order valence-corrected chi connectivity index (χ4v) is 4.25. The predicted molar refractivity (Wildman–Crippen MR) is 113 cm³/mol. The van der Waals surface area contributed by atoms with E-state index in [9.17, 15) is 19.1 Å². The number of Topliss-reactive ketones (excluding diaryl/α,β-unsaturated/α-hetero) is 1. The van der Waals surface area contributed by atoms with E-state index in [0.717, 1.165) is 38.1 Å². The van der Waals surface area contributed by atoms with E-state index in [-0.39, 0.29) is 23.9 Å². The van der Waals surface area contributed by atoms with Crippen LogP contribution >= 0.6 is 12.4 Å². The molecule has 0 bridgehead atoms. The Morgan fingerprint density at radius 1 is 1.07 bits per heavy atom. The summed E-state index contributed by atoms with van der Waals surface area (Å²) < 4.78 is 16.4. The van der Waals surface area contributed by atoms with E-state index in [1.165, 1.54) is 24.3 Å². The zero-order chi connectivity index (χ0) is 20.4. The number of fused-ring (bicyclic) bond motifs is 1. The van der Waals surface area contributed by atoms with Gasteiger partial charge in [0.1, 0.15) is 17.2 Å². The molecule has 1 saturated heterocycles. The Balaban J connectivity index is 0.00000256. The number of carbonyl (C=O) groups is 1. The molecule has 2 aliphatic heterocycles. The molecule has 0 unspecified atom stereocenters. The zero-order valence-electron chi connectivity index (χ0n) is 16.9. The molecular formula is C21H28ClFN4O3. The van der Waals surface area contributed by atoms with E-state index >= 15 is 0 Å². The molecule has 3 heterocycles. The molecule has 30 heavy (non-hydrogen) atoms. The van der Waals surface area contributed by atoms with Gasteiger partial charge in [0.15, 0.2) is 5.78 Å². The molecule has 2 aliphatic rings. The summed E-state index contributed by atoms with van der Waals surface area (Å²) in [7, 11) is 0. The number of aryl methyl sites for hydroxylation is 1. The van der Waals surface area contributed by atoms with Crippen LogP contribution in [0, 0.1) is 5.82 Å². The van der Waals surface area contributed by atoms with Gasteiger partial charge in [0.05, 0.1) is 6.54 Å². The van der Waals surface area contributed by atoms with Gasteiger partial charge in [0.25, 0.3) is 0 Å². The number of benzene rings is 1. The van der Waals surface area contributed by atoms with Crippen molar-refractivity contribution in [1.82, 2.24) is 19.2 Å². The molecule has 0 spiro atoms. The third-order valence-electron chi connectivity index (χ3n) is 6.12. The van der Waals surface area contributed by atoms with E-state index < -0.39 is 11.4 Å². The van der Waals surface area contributed by atoms with Crippen molar-refractivity contribution in [2.45, 2.75) is 57.2 Å². The number of carbonyl (C=O) groups excluding carboxylic acids is 1. The van der Waals surface area contributed by atoms with Crippen molar-refractivity contribution in [1.29, 1.82) is 0 Å². The number of rotatable bonds is 5. The number of piperidine rings is 1. The number of halogens is 2. The van der Waals surface area contributed by atoms with Crippen molar-refractivity contribution >= 4 is 18.2 Å². The van der Waals surface area contributed by atoms with E-state index in [0.29, 0.717) is 44.6 Å². The van der Waals surface area contributed by atoms with Gasteiger partial charge >= 0.3 is 5.69 Å². The van der Waals surface area contributed by atoms with Crippen LogP contribution < -0.4 is 5.69 Å². The van der Waals surface area contributed by atoms with Gasteiger partial charge in [-0.3, -0.25) is 9.36 Å². The largest absolute Gasteiger partial charge is 0.382 e. The molecule has 7 nitrogen and oxygen atoms in total. The number of hydrogen-bond acceptors (Lipinski definition) is 5. The van der Waals surface area contributed by atoms with Crippen LogP contribution in [0.3, 0.4) is 0 Å². The van der Waals surface area contributed by atoms with Crippen molar-refractivity contribution in [3.8, 4) is 0 Å². The van der Waals surface area contributed by atoms with Crippen LogP contribution in [-0.4, -0.2) is 55.4 Å². The van der Waals surface area contributed by atoms with Crippen LogP contribution in [-0.2, 0) is 19.5 Å². The first kappa shape index (κ1) is 22.7. The van der Waals surface area contributed by atoms with E-state index in [4.69, 9.17) is 0 Å². The second kappa shape index (κ2) is 9.41. The molecular weight excluding hydrogens is 411 g/mol. The minimum atomic E-state index is -1.42. The van der Waals surface area contributed by atoms with Gasteiger partial charge in [-0.15, -0.1) is 12.4 Å². The van der Waals surface area contributed by atoms with E-state index in [1.54, 1.807) is 9.25 Å². The summed E-state index contributed by atoms with van der Waals surface area (Å²) in [6, 6.07) is 5.29. The number of aliphatic hydroxyl groups is 1. The van der Waals surface area contributed by atoms with Crippen molar-refractivity contribution in [2.24, 2.45) is 0 Å². The Kier molecular flexibility index (Phi) is 7.10. The van der Waals surface area contributed by atoms with Crippen molar-refractivity contribution in [3.63, 3.8) is 0 Å². The minimum Gasteiger partial charge on any atom is -0.382 e. The highest BCUT2D eigenvalue weighted by Crippen LogP contribution is 2.26. The van der Waals surface area contributed by atoms with Crippen LogP contribution in [0.25, 0.3) is 0 Å². The third-order valence-corrected chi connectivity index (χ3v) is 6.12. The second-order valence-corrected chi connectivity index (χ2v) is 8.09. The maximum absolute atomic E-state index is 13.1. The Bertz CT molecular complexity index is 933. The van der Waals surface area contributed by atoms with Crippen molar-refractivity contribution < 1.29 is 14.3 Å². The summed E-state index contributed by atoms with van der Waals surface area (Å²) >= 11 is 0. The predicted octanol–water partition coefficient (Wildman–Crippen LogP) is 2.04. The summed E-state index contributed by atoms with van der Waals surface area (Å²) in [5.41, 5.74) is -1.13. The normalized spacial score (nSPS) is 18.9. The molecule has 164 valence electrons.